The van der Waals surface area contributed by atoms with Crippen LogP contribution in [0.1, 0.15) is 49.7 Å². The number of hydrogen-bond acceptors (Lipinski definition) is 12. The van der Waals surface area contributed by atoms with Crippen molar-refractivity contribution in [1.29, 1.82) is 0 Å². The normalized spacial score (nSPS) is 34.8. The Balaban J connectivity index is 0.000000218. The molecule has 2 aromatic rings. The summed E-state index contributed by atoms with van der Waals surface area (Å²) in [6, 6.07) is 9.74. The van der Waals surface area contributed by atoms with Crippen LogP contribution in [0.4, 0.5) is 11.4 Å². The fraction of sp³-hybridized carbons (Fsp3) is 0.609. The van der Waals surface area contributed by atoms with Gasteiger partial charge in [0.15, 0.2) is 23.0 Å². The van der Waals surface area contributed by atoms with Crippen LogP contribution in [0.2, 0.25) is 0 Å². The predicted molar refractivity (Wildman–Crippen MR) is 252 cm³/mol. The molecule has 8 fully saturated rings. The molecule has 10 aliphatic heterocycles. The number of benzene rings is 2. The van der Waals surface area contributed by atoms with Crippen LogP contribution in [0.3, 0.4) is 0 Å². The van der Waals surface area contributed by atoms with Crippen LogP contribution < -0.4 is 28.7 Å². The van der Waals surface area contributed by atoms with Crippen LogP contribution in [0.5, 0.6) is 23.0 Å². The van der Waals surface area contributed by atoms with Crippen LogP contribution in [-0.2, 0) is 40.3 Å². The van der Waals surface area contributed by atoms with Crippen molar-refractivity contribution in [3.8, 4) is 23.0 Å². The third-order valence-corrected chi connectivity index (χ3v) is 17.6. The van der Waals surface area contributed by atoms with Crippen LogP contribution in [-0.4, -0.2) is 182 Å². The lowest BCUT2D eigenvalue weighted by Crippen LogP contribution is -2.69. The summed E-state index contributed by atoms with van der Waals surface area (Å²) in [5.74, 6) is 5.15. The molecule has 6 saturated heterocycles. The van der Waals surface area contributed by atoms with Gasteiger partial charge in [0, 0.05) is 60.0 Å². The minimum Gasteiger partial charge on any atom is -0.493 e. The van der Waals surface area contributed by atoms with Crippen molar-refractivity contribution in [3.05, 3.63) is 58.7 Å². The quantitative estimate of drug-likeness (QED) is 0.243. The van der Waals surface area contributed by atoms with E-state index in [0.29, 0.717) is 73.3 Å². The molecule has 10 unspecified atom stereocenters. The third kappa shape index (κ3) is 7.36. The smallest absolute Gasteiger partial charge is 0.394 e. The van der Waals surface area contributed by atoms with Gasteiger partial charge in [-0.1, -0.05) is 23.3 Å². The predicted octanol–water partition coefficient (Wildman–Crippen LogP) is -2.21. The molecule has 2 spiro atoms. The van der Waals surface area contributed by atoms with Crippen molar-refractivity contribution < 1.29 is 93.9 Å². The lowest BCUT2D eigenvalue weighted by Gasteiger charge is -2.58. The molecule has 10 heterocycles. The SMILES string of the molecule is COc1cc2c(cc1OC)[C@@]13CCN4CC5=CCOC6CC(=O)N2C1C6C5CC43.COc1cc2c(cc1OC)[C@@]13CCN4CC5=CCOC6CC(=O)N2C1C6C5CC43.O.O.O.O.O.O.O.O=S(=O)(O)O. The molecule has 16 N–H and O–H groups in total. The molecule has 70 heavy (non-hydrogen) atoms. The summed E-state index contributed by atoms with van der Waals surface area (Å²) in [6.07, 6.45) is 10.2. The molecule has 14 rings (SSSR count). The number of methoxy groups -OCH3 is 4. The largest absolute Gasteiger partial charge is 0.493 e. The van der Waals surface area contributed by atoms with Gasteiger partial charge >= 0.3 is 10.4 Å². The average molecular weight is 1010 g/mol. The van der Waals surface area contributed by atoms with E-state index in [1.165, 1.54) is 24.0 Å². The van der Waals surface area contributed by atoms with Crippen LogP contribution in [0, 0.1) is 23.7 Å². The topological polar surface area (TPSA) is 398 Å². The second-order valence-corrected chi connectivity index (χ2v) is 20.3. The number of amides is 2. The molecule has 24 heteroatoms. The maximum absolute atomic E-state index is 13.5. The number of fused-ring (bicyclic) bond motifs is 4. The highest BCUT2D eigenvalue weighted by atomic mass is 32.3. The van der Waals surface area contributed by atoms with E-state index in [0.717, 1.165) is 61.9 Å². The molecule has 0 radical (unpaired) electrons. The first-order valence-corrected chi connectivity index (χ1v) is 23.7. The van der Waals surface area contributed by atoms with Crippen molar-refractivity contribution in [3.63, 3.8) is 0 Å². The number of anilines is 2. The fourth-order valence-corrected chi connectivity index (χ4v) is 15.7. The number of carbonyl (C=O) groups is 2. The highest BCUT2D eigenvalue weighted by Gasteiger charge is 2.73. The van der Waals surface area contributed by atoms with E-state index in [2.05, 4.69) is 43.9 Å². The first-order chi connectivity index (χ1) is 30.3. The summed E-state index contributed by atoms with van der Waals surface area (Å²) in [7, 11) is 2.05. The van der Waals surface area contributed by atoms with E-state index in [1.54, 1.807) is 39.6 Å². The van der Waals surface area contributed by atoms with E-state index >= 15 is 0 Å². The van der Waals surface area contributed by atoms with Gasteiger partial charge in [-0.3, -0.25) is 28.5 Å². The lowest BCUT2D eigenvalue weighted by atomic mass is 9.53. The van der Waals surface area contributed by atoms with Crippen LogP contribution >= 0.6 is 0 Å². The molecule has 12 atom stereocenters. The zero-order valence-electron chi connectivity index (χ0n) is 39.4. The number of rotatable bonds is 4. The van der Waals surface area contributed by atoms with Crippen molar-refractivity contribution in [2.45, 2.75) is 85.7 Å². The third-order valence-electron chi connectivity index (χ3n) is 17.6. The van der Waals surface area contributed by atoms with Gasteiger partial charge in [-0.05, 0) is 73.9 Å². The van der Waals surface area contributed by atoms with Crippen molar-refractivity contribution in [1.82, 2.24) is 9.80 Å². The van der Waals surface area contributed by atoms with Crippen LogP contribution in [0.15, 0.2) is 47.6 Å². The Morgan fingerprint density at radius 3 is 1.27 bits per heavy atom. The van der Waals surface area contributed by atoms with Crippen molar-refractivity contribution in [2.24, 2.45) is 23.7 Å². The Hall–Kier alpha value is -4.51. The van der Waals surface area contributed by atoms with E-state index < -0.39 is 10.4 Å². The second kappa shape index (κ2) is 19.5. The van der Waals surface area contributed by atoms with Crippen LogP contribution in [0.25, 0.3) is 0 Å². The van der Waals surface area contributed by atoms with E-state index in [9.17, 15) is 9.59 Å². The second-order valence-electron chi connectivity index (χ2n) is 19.4. The standard InChI is InChI=1S/2C23H26N2O4.H2O4S.7H2O/c2*1-27-16-8-14-15(9-17(16)28-2)25-20(26)10-18-21-13-7-19-23(14,22(21)25)4-5-24(19)11-12(13)3-6-29-18;1-5(2,3)4;;;;;;;/h2*3,8-9,13,18-19,21-22H,4-7,10-11H2,1-2H3;(H2,1,2,3,4);7*1H2/t2*13?,18?,19?,21?,22?,23-;;;;;;;;/m11......../s1. The molecule has 23 nitrogen and oxygen atoms in total. The van der Waals surface area contributed by atoms with Crippen molar-refractivity contribution >= 4 is 33.6 Å². The molecule has 12 aliphatic rings. The first-order valence-electron chi connectivity index (χ1n) is 22.3. The minimum absolute atomic E-state index is 0. The van der Waals surface area contributed by atoms with Gasteiger partial charge in [0.25, 0.3) is 0 Å². The Morgan fingerprint density at radius 1 is 0.586 bits per heavy atom. The molecule has 4 bridgehead atoms. The molecular weight excluding hydrogens is 945 g/mol. The Bertz CT molecular complexity index is 2370. The monoisotopic (exact) mass is 1010 g/mol. The molecule has 2 aromatic carbocycles. The number of carbonyl (C=O) groups excluding carboxylic acids is 2. The minimum atomic E-state index is -4.67. The Kier molecular flexibility index (Phi) is 15.7. The van der Waals surface area contributed by atoms with E-state index in [-0.39, 0.29) is 85.3 Å². The molecule has 2 saturated carbocycles. The maximum atomic E-state index is 13.5. The number of hydrogen-bond donors (Lipinski definition) is 2. The molecular formula is C46H68N4O19S. The first kappa shape index (κ1) is 56.4. The Labute approximate surface area is 404 Å². The highest BCUT2D eigenvalue weighted by Crippen LogP contribution is 2.68. The van der Waals surface area contributed by atoms with E-state index in [4.69, 9.17) is 45.9 Å². The molecule has 2 aliphatic carbocycles. The fourth-order valence-electron chi connectivity index (χ4n) is 15.7. The van der Waals surface area contributed by atoms with Gasteiger partial charge in [0.05, 0.1) is 90.2 Å². The van der Waals surface area contributed by atoms with Crippen molar-refractivity contribution in [2.75, 3.05) is 77.6 Å². The molecule has 392 valence electrons. The number of nitrogens with zero attached hydrogens (tertiary/aromatic N) is 4. The van der Waals surface area contributed by atoms with Gasteiger partial charge in [-0.2, -0.15) is 8.42 Å². The average Bonchev–Trinajstić information content (AvgIpc) is 3.94. The van der Waals surface area contributed by atoms with E-state index in [1.807, 2.05) is 12.1 Å². The van der Waals surface area contributed by atoms with Gasteiger partial charge in [-0.15, -0.1) is 0 Å². The summed E-state index contributed by atoms with van der Waals surface area (Å²) in [5, 5.41) is 0. The zero-order chi connectivity index (χ0) is 43.5. The molecule has 0 aromatic heterocycles. The summed E-state index contributed by atoms with van der Waals surface area (Å²) in [4.78, 5) is 36.5. The summed E-state index contributed by atoms with van der Waals surface area (Å²) in [5.41, 5.74) is 7.70. The Morgan fingerprint density at radius 2 is 0.929 bits per heavy atom. The lowest BCUT2D eigenvalue weighted by molar-refractivity contribution is -0.133. The summed E-state index contributed by atoms with van der Waals surface area (Å²) in [6.45, 7) is 5.61. The van der Waals surface area contributed by atoms with Gasteiger partial charge in [-0.25, -0.2) is 0 Å². The van der Waals surface area contributed by atoms with Gasteiger partial charge in [0.1, 0.15) is 0 Å². The number of piperidine rings is 4. The summed E-state index contributed by atoms with van der Waals surface area (Å²) >= 11 is 0. The van der Waals surface area contributed by atoms with Gasteiger partial charge in [0.2, 0.25) is 11.8 Å². The maximum Gasteiger partial charge on any atom is 0.394 e. The summed E-state index contributed by atoms with van der Waals surface area (Å²) < 4.78 is 66.8. The highest BCUT2D eigenvalue weighted by molar-refractivity contribution is 7.79. The molecule has 2 amide bonds. The number of ether oxygens (including phenoxy) is 6. The zero-order valence-corrected chi connectivity index (χ0v) is 40.2. The van der Waals surface area contributed by atoms with Gasteiger partial charge < -0.3 is 76.6 Å².